The summed E-state index contributed by atoms with van der Waals surface area (Å²) < 4.78 is 0.802. The van der Waals surface area contributed by atoms with E-state index in [4.69, 9.17) is 10.8 Å². The van der Waals surface area contributed by atoms with E-state index < -0.39 is 51.2 Å². The van der Waals surface area contributed by atoms with E-state index in [2.05, 4.69) is 20.8 Å². The number of carboxylic acid groups (broad SMARTS) is 2. The molecule has 3 aliphatic rings. The van der Waals surface area contributed by atoms with E-state index in [-0.39, 0.29) is 15.7 Å². The Kier molecular flexibility index (Phi) is 6.83. The predicted molar refractivity (Wildman–Crippen MR) is 122 cm³/mol. The Bertz CT molecular complexity index is 1160. The van der Waals surface area contributed by atoms with Crippen LogP contribution in [0.2, 0.25) is 0 Å². The highest BCUT2D eigenvalue weighted by Gasteiger charge is 2.55. The second-order valence-electron chi connectivity index (χ2n) is 6.93. The molecule has 2 fully saturated rings. The van der Waals surface area contributed by atoms with Gasteiger partial charge in [-0.1, -0.05) is 35.3 Å². The Morgan fingerprint density at radius 3 is 2.53 bits per heavy atom. The zero-order chi connectivity index (χ0) is 24.7. The minimum atomic E-state index is -1.48. The second-order valence-corrected chi connectivity index (χ2v) is 11.8. The molecular formula is C16H15N7O7S4. The van der Waals surface area contributed by atoms with Crippen molar-refractivity contribution in [3.63, 3.8) is 0 Å². The summed E-state index contributed by atoms with van der Waals surface area (Å²) in [7, 11) is 1.65. The number of nitrogens with zero attached hydrogens (tertiary/aromatic N) is 5. The van der Waals surface area contributed by atoms with E-state index in [0.717, 1.165) is 28.4 Å². The maximum Gasteiger partial charge on any atom is 0.352 e. The van der Waals surface area contributed by atoms with Gasteiger partial charge in [-0.15, -0.1) is 16.9 Å². The summed E-state index contributed by atoms with van der Waals surface area (Å²) in [6.07, 6.45) is 0. The van der Waals surface area contributed by atoms with Crippen molar-refractivity contribution >= 4 is 76.7 Å². The van der Waals surface area contributed by atoms with Gasteiger partial charge in [-0.25, -0.2) is 14.3 Å². The molecule has 0 bridgehead atoms. The Balaban J connectivity index is 1.41. The molecule has 1 aromatic rings. The summed E-state index contributed by atoms with van der Waals surface area (Å²) in [5.41, 5.74) is 4.88. The fourth-order valence-corrected chi connectivity index (χ4v) is 7.80. The van der Waals surface area contributed by atoms with Gasteiger partial charge in [-0.2, -0.15) is 0 Å². The largest absolute Gasteiger partial charge is 0.477 e. The van der Waals surface area contributed by atoms with Gasteiger partial charge in [0.15, 0.2) is 0 Å². The first kappa shape index (κ1) is 24.4. The molecule has 0 unspecified atom stereocenters. The molecule has 0 radical (unpaired) electrons. The Morgan fingerprint density at radius 1 is 1.26 bits per heavy atom. The van der Waals surface area contributed by atoms with E-state index in [0.29, 0.717) is 16.5 Å². The first-order valence-corrected chi connectivity index (χ1v) is 13.1. The van der Waals surface area contributed by atoms with Crippen molar-refractivity contribution in [2.24, 2.45) is 12.8 Å². The number of primary amides is 1. The zero-order valence-corrected chi connectivity index (χ0v) is 20.3. The third kappa shape index (κ3) is 4.37. The van der Waals surface area contributed by atoms with Gasteiger partial charge in [0.2, 0.25) is 11.1 Å². The zero-order valence-electron chi connectivity index (χ0n) is 17.0. The van der Waals surface area contributed by atoms with Crippen LogP contribution in [0.25, 0.3) is 0 Å². The molecule has 34 heavy (non-hydrogen) atoms. The third-order valence-electron chi connectivity index (χ3n) is 4.81. The molecule has 5 N–H and O–H groups in total. The van der Waals surface area contributed by atoms with Crippen molar-refractivity contribution in [2.45, 2.75) is 21.2 Å². The average molecular weight is 546 g/mol. The van der Waals surface area contributed by atoms with Crippen molar-refractivity contribution < 1.29 is 34.2 Å². The topological polar surface area (TPSA) is 211 Å². The molecule has 4 rings (SSSR count). The molecular weight excluding hydrogens is 530 g/mol. The van der Waals surface area contributed by atoms with Crippen molar-refractivity contribution in [3.8, 4) is 0 Å². The summed E-state index contributed by atoms with van der Waals surface area (Å²) in [6, 6.07) is -0.923. The van der Waals surface area contributed by atoms with Crippen LogP contribution in [-0.2, 0) is 31.0 Å². The summed E-state index contributed by atoms with van der Waals surface area (Å²) in [5, 5.41) is 32.4. The van der Waals surface area contributed by atoms with E-state index in [9.17, 15) is 29.1 Å². The number of amides is 3. The number of tetrazole rings is 1. The lowest BCUT2D eigenvalue weighted by atomic mass is 10.0. The van der Waals surface area contributed by atoms with E-state index in [1.54, 1.807) is 7.05 Å². The van der Waals surface area contributed by atoms with Crippen LogP contribution in [0.5, 0.6) is 0 Å². The van der Waals surface area contributed by atoms with Crippen LogP contribution in [0.1, 0.15) is 0 Å². The summed E-state index contributed by atoms with van der Waals surface area (Å²) >= 11 is 4.28. The van der Waals surface area contributed by atoms with E-state index >= 15 is 0 Å². The van der Waals surface area contributed by atoms with E-state index in [1.807, 2.05) is 0 Å². The Hall–Kier alpha value is -2.70. The molecule has 14 nitrogen and oxygen atoms in total. The predicted octanol–water partition coefficient (Wildman–Crippen LogP) is -1.37. The van der Waals surface area contributed by atoms with Crippen LogP contribution in [0, 0.1) is 0 Å². The van der Waals surface area contributed by atoms with Crippen LogP contribution in [0.4, 0.5) is 0 Å². The van der Waals surface area contributed by atoms with Crippen molar-refractivity contribution in [1.29, 1.82) is 0 Å². The number of carbonyl (C=O) groups is 5. The fraction of sp³-hybridized carbons (Fsp3) is 0.375. The lowest BCUT2D eigenvalue weighted by Crippen LogP contribution is -2.71. The van der Waals surface area contributed by atoms with Gasteiger partial charge < -0.3 is 21.3 Å². The number of carbonyl (C=O) groups excluding carboxylic acids is 3. The minimum absolute atomic E-state index is 0.116. The molecule has 0 spiro atoms. The van der Waals surface area contributed by atoms with Gasteiger partial charge >= 0.3 is 11.9 Å². The number of nitrogens with one attached hydrogen (secondary N) is 1. The summed E-state index contributed by atoms with van der Waals surface area (Å²) in [5.74, 6) is -4.33. The summed E-state index contributed by atoms with van der Waals surface area (Å²) in [4.78, 5) is 60.8. The number of nitrogens with two attached hydrogens (primary N) is 1. The van der Waals surface area contributed by atoms with Crippen LogP contribution < -0.4 is 11.1 Å². The summed E-state index contributed by atoms with van der Waals surface area (Å²) in [6.45, 7) is 0. The lowest BCUT2D eigenvalue weighted by molar-refractivity contribution is -0.150. The Labute approximate surface area is 207 Å². The number of aliphatic carboxylic acids is 2. The normalized spacial score (nSPS) is 23.6. The quantitative estimate of drug-likeness (QED) is 0.0976. The smallest absolute Gasteiger partial charge is 0.352 e. The van der Waals surface area contributed by atoms with Crippen LogP contribution in [0.15, 0.2) is 26.2 Å². The maximum absolute atomic E-state index is 12.8. The molecule has 2 atom stereocenters. The number of fused-ring (bicyclic) bond motifs is 1. The van der Waals surface area contributed by atoms with Gasteiger partial charge in [0.05, 0.1) is 4.24 Å². The number of hydrogen-bond donors (Lipinski definition) is 4. The number of β-lactam (4-membered cyclic amide) rings is 1. The van der Waals surface area contributed by atoms with Gasteiger partial charge in [-0.05, 0) is 16.0 Å². The molecule has 0 aliphatic carbocycles. The number of hydrogen-bond acceptors (Lipinski definition) is 12. The lowest BCUT2D eigenvalue weighted by Gasteiger charge is -2.49. The molecule has 0 aromatic carbocycles. The molecule has 4 heterocycles. The minimum Gasteiger partial charge on any atom is -0.477 e. The molecule has 2 saturated heterocycles. The highest BCUT2D eigenvalue weighted by molar-refractivity contribution is 8.39. The van der Waals surface area contributed by atoms with Gasteiger partial charge in [-0.3, -0.25) is 19.3 Å². The third-order valence-corrected chi connectivity index (χ3v) is 10.1. The van der Waals surface area contributed by atoms with Crippen LogP contribution >= 0.6 is 47.0 Å². The highest BCUT2D eigenvalue weighted by atomic mass is 32.3. The first-order chi connectivity index (χ1) is 16.1. The highest BCUT2D eigenvalue weighted by Crippen LogP contribution is 2.53. The number of rotatable bonds is 8. The molecule has 0 saturated carbocycles. The standard InChI is InChI=1S/C16H15N7O7S4/c1-22-16(19-20-21-22)32-3-4-2-31-11-6(10(26)23(11)7(4)13(29)30)18-9(25)15-33-14(34-15)5(8(17)24)12(27)28/h6,11,15H,2-3H2,1H3,(H2,17,24)(H,18,25)(H,27,28)(H,29,30)/t6-,11-,15?/m1/s1. The van der Waals surface area contributed by atoms with Gasteiger partial charge in [0, 0.05) is 18.6 Å². The van der Waals surface area contributed by atoms with Crippen molar-refractivity contribution in [3.05, 3.63) is 21.1 Å². The SMILES string of the molecule is Cn1nnnc1SCC1=C(C(=O)O)N2C(=O)[C@@H](NC(=O)C3SC(=C(C(N)=O)C(=O)O)S3)[C@H]2SC1. The second kappa shape index (κ2) is 9.51. The maximum atomic E-state index is 12.8. The molecule has 1 aromatic heterocycles. The van der Waals surface area contributed by atoms with Crippen LogP contribution in [0.3, 0.4) is 0 Å². The Morgan fingerprint density at radius 2 is 1.97 bits per heavy atom. The molecule has 180 valence electrons. The number of thioether (sulfide) groups is 4. The van der Waals surface area contributed by atoms with Crippen LogP contribution in [-0.4, -0.2) is 92.5 Å². The number of aryl methyl sites for hydroxylation is 1. The van der Waals surface area contributed by atoms with E-state index in [1.165, 1.54) is 28.2 Å². The van der Waals surface area contributed by atoms with Gasteiger partial charge in [0.1, 0.15) is 27.3 Å². The molecule has 3 amide bonds. The first-order valence-electron chi connectivity index (χ1n) is 9.26. The fourth-order valence-electron chi connectivity index (χ4n) is 3.23. The van der Waals surface area contributed by atoms with Gasteiger partial charge in [0.25, 0.3) is 11.8 Å². The molecule has 3 aliphatic heterocycles. The molecule has 18 heteroatoms. The monoisotopic (exact) mass is 545 g/mol. The number of carboxylic acids is 2. The number of aromatic nitrogens is 4. The van der Waals surface area contributed by atoms with Crippen molar-refractivity contribution in [2.75, 3.05) is 11.5 Å². The van der Waals surface area contributed by atoms with Crippen molar-refractivity contribution in [1.82, 2.24) is 30.4 Å². The average Bonchev–Trinajstić information content (AvgIpc) is 3.15.